The van der Waals surface area contributed by atoms with Gasteiger partial charge in [-0.15, -0.1) is 0 Å². The minimum atomic E-state index is -0.210. The van der Waals surface area contributed by atoms with Crippen molar-refractivity contribution in [2.75, 3.05) is 13.1 Å². The number of nitrogens with one attached hydrogen (secondary N) is 2. The van der Waals surface area contributed by atoms with Crippen molar-refractivity contribution < 1.29 is 4.79 Å². The van der Waals surface area contributed by atoms with Crippen molar-refractivity contribution in [3.8, 4) is 17.1 Å². The van der Waals surface area contributed by atoms with Crippen LogP contribution in [0, 0.1) is 0 Å². The van der Waals surface area contributed by atoms with Gasteiger partial charge in [0, 0.05) is 41.9 Å². The van der Waals surface area contributed by atoms with Crippen LogP contribution in [0.25, 0.3) is 17.1 Å². The molecule has 0 saturated carbocycles. The van der Waals surface area contributed by atoms with Crippen molar-refractivity contribution in [1.82, 2.24) is 25.3 Å². The van der Waals surface area contributed by atoms with Gasteiger partial charge in [-0.3, -0.25) is 14.8 Å². The minimum Gasteiger partial charge on any atom is -0.309 e. The topological polar surface area (TPSA) is 62.2 Å². The molecule has 1 amide bonds. The molecule has 2 aromatic carbocycles. The maximum Gasteiger partial charge on any atom is 0.286 e. The van der Waals surface area contributed by atoms with Crippen LogP contribution in [0.2, 0.25) is 10.0 Å². The number of halogens is 2. The van der Waals surface area contributed by atoms with Gasteiger partial charge in [0.15, 0.2) is 5.69 Å². The van der Waals surface area contributed by atoms with Gasteiger partial charge >= 0.3 is 0 Å². The summed E-state index contributed by atoms with van der Waals surface area (Å²) in [6, 6.07) is 15.3. The van der Waals surface area contributed by atoms with Crippen LogP contribution in [0.3, 0.4) is 0 Å². The van der Waals surface area contributed by atoms with E-state index in [1.165, 1.54) is 6.42 Å². The van der Waals surface area contributed by atoms with Gasteiger partial charge in [0.2, 0.25) is 0 Å². The lowest BCUT2D eigenvalue weighted by Crippen LogP contribution is -2.45. The third kappa shape index (κ3) is 5.58. The number of nitrogens with zero attached hydrogens (tertiary/aromatic N) is 3. The second-order valence-corrected chi connectivity index (χ2v) is 9.39. The molecule has 1 aromatic heterocycles. The van der Waals surface area contributed by atoms with Gasteiger partial charge in [0.25, 0.3) is 5.91 Å². The number of carbonyl (C=O) groups is 1. The second-order valence-electron chi connectivity index (χ2n) is 8.55. The summed E-state index contributed by atoms with van der Waals surface area (Å²) in [5.74, 6) is 0.408. The van der Waals surface area contributed by atoms with Gasteiger partial charge in [0.1, 0.15) is 5.82 Å². The molecular weight excluding hydrogens is 457 g/mol. The van der Waals surface area contributed by atoms with Crippen molar-refractivity contribution in [2.24, 2.45) is 0 Å². The molecule has 1 fully saturated rings. The highest BCUT2D eigenvalue weighted by atomic mass is 35.5. The molecule has 0 radical (unpaired) electrons. The molecule has 33 heavy (non-hydrogen) atoms. The van der Waals surface area contributed by atoms with E-state index in [9.17, 15) is 4.79 Å². The van der Waals surface area contributed by atoms with Crippen LogP contribution >= 0.6 is 23.2 Å². The third-order valence-corrected chi connectivity index (χ3v) is 6.26. The Morgan fingerprint density at radius 2 is 1.73 bits per heavy atom. The molecule has 3 aromatic rings. The van der Waals surface area contributed by atoms with E-state index in [1.807, 2.05) is 58.1 Å². The van der Waals surface area contributed by atoms with Gasteiger partial charge in [-0.05, 0) is 49.2 Å². The fourth-order valence-electron chi connectivity index (χ4n) is 3.99. The molecule has 2 heterocycles. The maximum absolute atomic E-state index is 13.4. The van der Waals surface area contributed by atoms with Crippen LogP contribution in [0.1, 0.15) is 49.3 Å². The summed E-state index contributed by atoms with van der Waals surface area (Å²) in [6.45, 7) is 6.32. The largest absolute Gasteiger partial charge is 0.309 e. The van der Waals surface area contributed by atoms with Gasteiger partial charge in [0.05, 0.1) is 10.7 Å². The summed E-state index contributed by atoms with van der Waals surface area (Å²) in [4.78, 5) is 18.3. The second kappa shape index (κ2) is 10.7. The first-order valence-electron chi connectivity index (χ1n) is 11.4. The molecule has 6 nitrogen and oxygen atoms in total. The zero-order chi connectivity index (χ0) is 23.4. The molecule has 1 aliphatic rings. The lowest BCUT2D eigenvalue weighted by Gasteiger charge is -2.26. The van der Waals surface area contributed by atoms with E-state index < -0.39 is 0 Å². The molecule has 0 spiro atoms. The Bertz CT molecular complexity index is 1100. The average molecular weight is 486 g/mol. The average Bonchev–Trinajstić information content (AvgIpc) is 3.18. The van der Waals surface area contributed by atoms with E-state index in [0.29, 0.717) is 28.1 Å². The maximum atomic E-state index is 13.4. The Labute approximate surface area is 204 Å². The van der Waals surface area contributed by atoms with Gasteiger partial charge in [-0.25, -0.2) is 9.99 Å². The summed E-state index contributed by atoms with van der Waals surface area (Å²) in [5.41, 5.74) is 5.85. The summed E-state index contributed by atoms with van der Waals surface area (Å²) >= 11 is 12.7. The predicted molar refractivity (Wildman–Crippen MR) is 134 cm³/mol. The predicted octanol–water partition coefficient (Wildman–Crippen LogP) is 5.47. The normalized spacial score (nSPS) is 14.6. The van der Waals surface area contributed by atoms with Crippen LogP contribution in [0.5, 0.6) is 0 Å². The Hall–Kier alpha value is -2.38. The van der Waals surface area contributed by atoms with Crippen LogP contribution in [-0.2, 0) is 6.54 Å². The number of carbonyl (C=O) groups excluding carboxylic acids is 1. The molecule has 8 heteroatoms. The van der Waals surface area contributed by atoms with E-state index in [4.69, 9.17) is 28.2 Å². The Balaban J connectivity index is 1.85. The first kappa shape index (κ1) is 23.8. The van der Waals surface area contributed by atoms with E-state index in [0.717, 1.165) is 42.9 Å². The number of piperidine rings is 1. The molecule has 0 bridgehead atoms. The van der Waals surface area contributed by atoms with Crippen molar-refractivity contribution in [2.45, 2.75) is 45.7 Å². The van der Waals surface area contributed by atoms with E-state index in [1.54, 1.807) is 0 Å². The molecule has 0 aliphatic carbocycles. The zero-order valence-electron chi connectivity index (χ0n) is 18.9. The summed E-state index contributed by atoms with van der Waals surface area (Å²) < 4.78 is 2.00. The molecule has 0 atom stereocenters. The Morgan fingerprint density at radius 1 is 1.03 bits per heavy atom. The summed E-state index contributed by atoms with van der Waals surface area (Å²) in [5, 5.41) is 6.65. The fourth-order valence-corrected chi connectivity index (χ4v) is 4.34. The number of aromatic nitrogens is 2. The lowest BCUT2D eigenvalue weighted by molar-refractivity contribution is 0.0744. The van der Waals surface area contributed by atoms with E-state index in [-0.39, 0.29) is 11.9 Å². The molecule has 1 aliphatic heterocycles. The molecule has 0 unspecified atom stereocenters. The first-order chi connectivity index (χ1) is 15.9. The van der Waals surface area contributed by atoms with Crippen molar-refractivity contribution in [3.63, 3.8) is 0 Å². The number of benzene rings is 2. The van der Waals surface area contributed by atoms with Crippen LogP contribution in [0.4, 0.5) is 0 Å². The van der Waals surface area contributed by atoms with Crippen molar-refractivity contribution in [1.29, 1.82) is 0 Å². The SMILES string of the molecule is CC(C)NCc1c(C(=O)NN2CCCCC2)nc(-c2ccccc2Cl)n1-c1ccc(Cl)cc1. The number of amides is 1. The Morgan fingerprint density at radius 3 is 2.39 bits per heavy atom. The monoisotopic (exact) mass is 485 g/mol. The Kier molecular flexibility index (Phi) is 7.71. The molecule has 4 rings (SSSR count). The summed E-state index contributed by atoms with van der Waals surface area (Å²) in [6.07, 6.45) is 3.34. The summed E-state index contributed by atoms with van der Waals surface area (Å²) in [7, 11) is 0. The van der Waals surface area contributed by atoms with Gasteiger partial charge in [-0.1, -0.05) is 55.6 Å². The highest BCUT2D eigenvalue weighted by Gasteiger charge is 2.26. The smallest absolute Gasteiger partial charge is 0.286 e. The number of hydrogen-bond donors (Lipinski definition) is 2. The van der Waals surface area contributed by atoms with Crippen molar-refractivity contribution in [3.05, 3.63) is 70.0 Å². The fraction of sp³-hybridized carbons (Fsp3) is 0.360. The van der Waals surface area contributed by atoms with Gasteiger partial charge in [-0.2, -0.15) is 0 Å². The van der Waals surface area contributed by atoms with Crippen LogP contribution in [-0.4, -0.2) is 39.6 Å². The number of rotatable bonds is 7. The quantitative estimate of drug-likeness (QED) is 0.465. The van der Waals surface area contributed by atoms with Crippen LogP contribution in [0.15, 0.2) is 48.5 Å². The molecule has 174 valence electrons. The molecule has 1 saturated heterocycles. The number of hydrogen-bond acceptors (Lipinski definition) is 4. The van der Waals surface area contributed by atoms with Crippen LogP contribution < -0.4 is 10.7 Å². The van der Waals surface area contributed by atoms with E-state index in [2.05, 4.69) is 24.6 Å². The highest BCUT2D eigenvalue weighted by molar-refractivity contribution is 6.33. The van der Waals surface area contributed by atoms with E-state index >= 15 is 0 Å². The number of hydrazine groups is 1. The van der Waals surface area contributed by atoms with Gasteiger partial charge < -0.3 is 5.32 Å². The molecule has 2 N–H and O–H groups in total. The molecular formula is C25H29Cl2N5O. The minimum absolute atomic E-state index is 0.210. The highest BCUT2D eigenvalue weighted by Crippen LogP contribution is 2.32. The van der Waals surface area contributed by atoms with Crippen molar-refractivity contribution >= 4 is 29.1 Å². The number of imidazole rings is 1. The lowest BCUT2D eigenvalue weighted by atomic mass is 10.2. The first-order valence-corrected chi connectivity index (χ1v) is 12.1. The standard InChI is InChI=1S/C25H29Cl2N5O/c1-17(2)28-16-22-23(25(33)30-31-14-6-3-7-15-31)29-24(20-8-4-5-9-21(20)27)32(22)19-12-10-18(26)11-13-19/h4-5,8-13,17,28H,3,6-7,14-16H2,1-2H3,(H,30,33). The zero-order valence-corrected chi connectivity index (χ0v) is 20.5. The third-order valence-electron chi connectivity index (χ3n) is 5.68.